The molecule has 1 aliphatic rings. The van der Waals surface area contributed by atoms with E-state index in [-0.39, 0.29) is 11.3 Å². The summed E-state index contributed by atoms with van der Waals surface area (Å²) in [5, 5.41) is 3.67. The largest absolute Gasteiger partial charge is 0.497 e. The second-order valence-corrected chi connectivity index (χ2v) is 7.62. The fraction of sp³-hybridized carbons (Fsp3) is 0.120. The molecule has 1 aliphatic heterocycles. The van der Waals surface area contributed by atoms with E-state index in [4.69, 9.17) is 21.1 Å². The molecule has 3 aromatic rings. The highest BCUT2D eigenvalue weighted by Gasteiger charge is 2.40. The molecule has 0 saturated heterocycles. The van der Waals surface area contributed by atoms with Crippen LogP contribution < -0.4 is 19.7 Å². The van der Waals surface area contributed by atoms with E-state index in [0.717, 1.165) is 10.5 Å². The van der Waals surface area contributed by atoms with Crippen molar-refractivity contribution in [3.05, 3.63) is 88.6 Å². The first-order valence-electron chi connectivity index (χ1n) is 9.87. The maximum absolute atomic E-state index is 13.5. The number of amides is 2. The Morgan fingerprint density at radius 1 is 0.844 bits per heavy atom. The van der Waals surface area contributed by atoms with Crippen LogP contribution >= 0.6 is 11.6 Å². The Hall–Kier alpha value is -3.77. The van der Waals surface area contributed by atoms with Crippen molar-refractivity contribution in [2.75, 3.05) is 24.4 Å². The second-order valence-electron chi connectivity index (χ2n) is 7.21. The molecule has 0 saturated carbocycles. The van der Waals surface area contributed by atoms with Crippen LogP contribution in [0.3, 0.4) is 0 Å². The van der Waals surface area contributed by atoms with E-state index in [9.17, 15) is 9.59 Å². The van der Waals surface area contributed by atoms with E-state index in [1.54, 1.807) is 61.7 Å². The SMILES string of the molecule is COc1ccc(C2=C(Nc3ccc(C)c(Cl)c3)C(=O)N(c3cccc(OC)c3)C2=O)cc1. The first kappa shape index (κ1) is 21.5. The third-order valence-corrected chi connectivity index (χ3v) is 5.62. The number of nitrogens with one attached hydrogen (secondary N) is 1. The van der Waals surface area contributed by atoms with Crippen molar-refractivity contribution in [3.8, 4) is 11.5 Å². The van der Waals surface area contributed by atoms with Crippen molar-refractivity contribution in [1.82, 2.24) is 0 Å². The molecule has 0 bridgehead atoms. The molecule has 0 fully saturated rings. The van der Waals surface area contributed by atoms with E-state index >= 15 is 0 Å². The quantitative estimate of drug-likeness (QED) is 0.534. The van der Waals surface area contributed by atoms with Crippen LogP contribution in [0.15, 0.2) is 72.4 Å². The lowest BCUT2D eigenvalue weighted by Crippen LogP contribution is -2.32. The molecular formula is C25H21ClN2O4. The molecule has 4 rings (SSSR count). The minimum absolute atomic E-state index is 0.169. The monoisotopic (exact) mass is 448 g/mol. The first-order chi connectivity index (χ1) is 15.4. The molecule has 1 heterocycles. The van der Waals surface area contributed by atoms with Gasteiger partial charge >= 0.3 is 0 Å². The zero-order chi connectivity index (χ0) is 22.8. The van der Waals surface area contributed by atoms with Gasteiger partial charge in [-0.25, -0.2) is 4.90 Å². The highest BCUT2D eigenvalue weighted by Crippen LogP contribution is 2.35. The van der Waals surface area contributed by atoms with Gasteiger partial charge in [-0.05, 0) is 54.4 Å². The van der Waals surface area contributed by atoms with Gasteiger partial charge < -0.3 is 14.8 Å². The summed E-state index contributed by atoms with van der Waals surface area (Å²) >= 11 is 6.26. The Kier molecular flexibility index (Phi) is 5.88. The summed E-state index contributed by atoms with van der Waals surface area (Å²) in [6, 6.07) is 19.2. The lowest BCUT2D eigenvalue weighted by atomic mass is 10.0. The zero-order valence-electron chi connectivity index (χ0n) is 17.8. The highest BCUT2D eigenvalue weighted by atomic mass is 35.5. The van der Waals surface area contributed by atoms with Crippen LogP contribution in [-0.2, 0) is 9.59 Å². The highest BCUT2D eigenvalue weighted by molar-refractivity contribution is 6.46. The van der Waals surface area contributed by atoms with Gasteiger partial charge in [0, 0.05) is 16.8 Å². The van der Waals surface area contributed by atoms with Gasteiger partial charge in [0.1, 0.15) is 17.2 Å². The van der Waals surface area contributed by atoms with Crippen LogP contribution in [0.2, 0.25) is 5.02 Å². The Morgan fingerprint density at radius 2 is 1.56 bits per heavy atom. The average molecular weight is 449 g/mol. The lowest BCUT2D eigenvalue weighted by molar-refractivity contribution is -0.120. The van der Waals surface area contributed by atoms with Crippen LogP contribution in [-0.4, -0.2) is 26.0 Å². The number of benzene rings is 3. The number of anilines is 2. The molecule has 0 aliphatic carbocycles. The lowest BCUT2D eigenvalue weighted by Gasteiger charge is -2.16. The number of methoxy groups -OCH3 is 2. The van der Waals surface area contributed by atoms with E-state index in [0.29, 0.717) is 33.5 Å². The fourth-order valence-corrected chi connectivity index (χ4v) is 3.65. The Bertz CT molecular complexity index is 1230. The van der Waals surface area contributed by atoms with Crippen molar-refractivity contribution in [2.24, 2.45) is 0 Å². The van der Waals surface area contributed by atoms with E-state index in [1.807, 2.05) is 19.1 Å². The van der Waals surface area contributed by atoms with Gasteiger partial charge in [0.05, 0.1) is 25.5 Å². The molecular weight excluding hydrogens is 428 g/mol. The molecule has 0 radical (unpaired) electrons. The van der Waals surface area contributed by atoms with E-state index in [1.165, 1.54) is 7.11 Å². The Balaban J connectivity index is 1.81. The number of halogens is 1. The Labute approximate surface area is 191 Å². The summed E-state index contributed by atoms with van der Waals surface area (Å²) in [5.41, 5.74) is 2.96. The summed E-state index contributed by atoms with van der Waals surface area (Å²) in [5.74, 6) is 0.288. The molecule has 7 heteroatoms. The van der Waals surface area contributed by atoms with Crippen molar-refractivity contribution in [3.63, 3.8) is 0 Å². The number of aryl methyl sites for hydroxylation is 1. The minimum atomic E-state index is -0.467. The third-order valence-electron chi connectivity index (χ3n) is 5.22. The molecule has 3 aromatic carbocycles. The first-order valence-corrected chi connectivity index (χ1v) is 10.3. The van der Waals surface area contributed by atoms with Gasteiger partial charge in [0.25, 0.3) is 11.8 Å². The van der Waals surface area contributed by atoms with Gasteiger partial charge in [-0.15, -0.1) is 0 Å². The van der Waals surface area contributed by atoms with Gasteiger partial charge in [-0.2, -0.15) is 0 Å². The van der Waals surface area contributed by atoms with Crippen LogP contribution in [0, 0.1) is 6.92 Å². The van der Waals surface area contributed by atoms with Gasteiger partial charge in [-0.1, -0.05) is 35.9 Å². The van der Waals surface area contributed by atoms with Crippen molar-refractivity contribution in [1.29, 1.82) is 0 Å². The van der Waals surface area contributed by atoms with E-state index in [2.05, 4.69) is 5.32 Å². The van der Waals surface area contributed by atoms with Crippen LogP contribution in [0.4, 0.5) is 11.4 Å². The average Bonchev–Trinajstić information content (AvgIpc) is 3.05. The molecule has 0 spiro atoms. The van der Waals surface area contributed by atoms with Crippen molar-refractivity contribution < 1.29 is 19.1 Å². The topological polar surface area (TPSA) is 67.9 Å². The molecule has 0 atom stereocenters. The zero-order valence-corrected chi connectivity index (χ0v) is 18.6. The van der Waals surface area contributed by atoms with Gasteiger partial charge in [0.2, 0.25) is 0 Å². The number of hydrogen-bond acceptors (Lipinski definition) is 5. The maximum Gasteiger partial charge on any atom is 0.282 e. The van der Waals surface area contributed by atoms with E-state index < -0.39 is 11.8 Å². The molecule has 32 heavy (non-hydrogen) atoms. The minimum Gasteiger partial charge on any atom is -0.497 e. The predicted octanol–water partition coefficient (Wildman–Crippen LogP) is 5.06. The number of carbonyl (C=O) groups excluding carboxylic acids is 2. The number of carbonyl (C=O) groups is 2. The number of imide groups is 1. The van der Waals surface area contributed by atoms with Crippen molar-refractivity contribution >= 4 is 40.4 Å². The third kappa shape index (κ3) is 3.92. The number of ether oxygens (including phenoxy) is 2. The number of rotatable bonds is 6. The molecule has 0 unspecified atom stereocenters. The molecule has 162 valence electrons. The molecule has 0 aromatic heterocycles. The predicted molar refractivity (Wildman–Crippen MR) is 125 cm³/mol. The molecule has 2 amide bonds. The maximum atomic E-state index is 13.5. The standard InChI is InChI=1S/C25H21ClN2O4/c1-15-7-10-17(13-21(15)26)27-23-22(16-8-11-19(31-2)12-9-16)24(29)28(25(23)30)18-5-4-6-20(14-18)32-3/h4-14,27H,1-3H3. The summed E-state index contributed by atoms with van der Waals surface area (Å²) in [4.78, 5) is 28.1. The number of hydrogen-bond donors (Lipinski definition) is 1. The summed E-state index contributed by atoms with van der Waals surface area (Å²) in [7, 11) is 3.10. The summed E-state index contributed by atoms with van der Waals surface area (Å²) in [6.07, 6.45) is 0. The fourth-order valence-electron chi connectivity index (χ4n) is 3.47. The Morgan fingerprint density at radius 3 is 2.22 bits per heavy atom. The van der Waals surface area contributed by atoms with Gasteiger partial charge in [0.15, 0.2) is 0 Å². The van der Waals surface area contributed by atoms with Gasteiger partial charge in [-0.3, -0.25) is 9.59 Å². The van der Waals surface area contributed by atoms with Crippen LogP contribution in [0.5, 0.6) is 11.5 Å². The summed E-state index contributed by atoms with van der Waals surface area (Å²) in [6.45, 7) is 1.89. The summed E-state index contributed by atoms with van der Waals surface area (Å²) < 4.78 is 10.5. The second kappa shape index (κ2) is 8.77. The normalized spacial score (nSPS) is 13.6. The number of nitrogens with zero attached hydrogens (tertiary/aromatic N) is 1. The molecule has 1 N–H and O–H groups in total. The smallest absolute Gasteiger partial charge is 0.282 e. The van der Waals surface area contributed by atoms with Crippen molar-refractivity contribution in [2.45, 2.75) is 6.92 Å². The van der Waals surface area contributed by atoms with Crippen LogP contribution in [0.1, 0.15) is 11.1 Å². The molecule has 6 nitrogen and oxygen atoms in total. The van der Waals surface area contributed by atoms with Crippen LogP contribution in [0.25, 0.3) is 5.57 Å².